The average molecular weight is 264 g/mol. The third-order valence-electron chi connectivity index (χ3n) is 2.75. The second-order valence-corrected chi connectivity index (χ2v) is 4.44. The van der Waals surface area contributed by atoms with Crippen LogP contribution in [0.15, 0.2) is 18.5 Å². The van der Waals surface area contributed by atoms with Gasteiger partial charge < -0.3 is 10.5 Å². The van der Waals surface area contributed by atoms with E-state index in [1.165, 1.54) is 6.33 Å². The quantitative estimate of drug-likeness (QED) is 0.905. The zero-order chi connectivity index (χ0) is 13.3. The lowest BCUT2D eigenvalue weighted by atomic mass is 10.0. The molecule has 0 bridgehead atoms. The Balaban J connectivity index is 2.62. The van der Waals surface area contributed by atoms with Crippen LogP contribution in [-0.4, -0.2) is 17.1 Å². The second kappa shape index (κ2) is 4.82. The molecule has 0 spiro atoms. The van der Waals surface area contributed by atoms with Gasteiger partial charge >= 0.3 is 0 Å². The molecule has 2 N–H and O–H groups in total. The molecule has 1 aromatic carbocycles. The van der Waals surface area contributed by atoms with Gasteiger partial charge in [-0.2, -0.15) is 0 Å². The fourth-order valence-electron chi connectivity index (χ4n) is 1.99. The van der Waals surface area contributed by atoms with Crippen molar-refractivity contribution in [3.05, 3.63) is 34.6 Å². The summed E-state index contributed by atoms with van der Waals surface area (Å²) in [4.78, 5) is 8.04. The van der Waals surface area contributed by atoms with Crippen LogP contribution in [0.25, 0.3) is 11.3 Å². The largest absolute Gasteiger partial charge is 0.496 e. The third-order valence-corrected chi connectivity index (χ3v) is 3.13. The number of anilines is 1. The number of hydrogen-bond donors (Lipinski definition) is 1. The van der Waals surface area contributed by atoms with Crippen LogP contribution < -0.4 is 10.5 Å². The first-order valence-electron chi connectivity index (χ1n) is 5.46. The summed E-state index contributed by atoms with van der Waals surface area (Å²) in [6.07, 6.45) is 1.41. The maximum Gasteiger partial charge on any atom is 0.146 e. The third kappa shape index (κ3) is 2.11. The van der Waals surface area contributed by atoms with Gasteiger partial charge in [0.05, 0.1) is 12.8 Å². The molecular formula is C13H14ClN3O. The highest BCUT2D eigenvalue weighted by atomic mass is 35.5. The highest BCUT2D eigenvalue weighted by Crippen LogP contribution is 2.33. The summed E-state index contributed by atoms with van der Waals surface area (Å²) in [6, 6.07) is 3.94. The van der Waals surface area contributed by atoms with Crippen LogP contribution in [0.5, 0.6) is 5.75 Å². The number of nitrogens with two attached hydrogens (primary N) is 1. The van der Waals surface area contributed by atoms with Gasteiger partial charge in [0.2, 0.25) is 0 Å². The Labute approximate surface area is 111 Å². The average Bonchev–Trinajstić information content (AvgIpc) is 2.32. The van der Waals surface area contributed by atoms with Crippen molar-refractivity contribution in [3.8, 4) is 17.0 Å². The molecule has 4 nitrogen and oxygen atoms in total. The molecule has 0 atom stereocenters. The summed E-state index contributed by atoms with van der Waals surface area (Å²) in [5, 5.41) is 0.376. The molecule has 0 aliphatic carbocycles. The minimum atomic E-state index is 0.285. The van der Waals surface area contributed by atoms with Gasteiger partial charge in [0.15, 0.2) is 0 Å². The van der Waals surface area contributed by atoms with E-state index in [0.717, 1.165) is 22.4 Å². The van der Waals surface area contributed by atoms with E-state index in [9.17, 15) is 0 Å². The molecule has 0 fully saturated rings. The second-order valence-electron chi connectivity index (χ2n) is 4.06. The number of aromatic nitrogens is 2. The van der Waals surface area contributed by atoms with Crippen molar-refractivity contribution < 1.29 is 4.74 Å². The molecule has 5 heteroatoms. The molecule has 0 saturated carbocycles. The van der Waals surface area contributed by atoms with Crippen LogP contribution in [0, 0.1) is 13.8 Å². The predicted molar refractivity (Wildman–Crippen MR) is 72.9 cm³/mol. The molecule has 0 aliphatic heterocycles. The molecular weight excluding hydrogens is 250 g/mol. The van der Waals surface area contributed by atoms with Crippen LogP contribution >= 0.6 is 11.6 Å². The van der Waals surface area contributed by atoms with Gasteiger partial charge in [0, 0.05) is 5.56 Å². The van der Waals surface area contributed by atoms with Gasteiger partial charge in [-0.15, -0.1) is 0 Å². The first kappa shape index (κ1) is 12.6. The van der Waals surface area contributed by atoms with E-state index in [4.69, 9.17) is 22.1 Å². The first-order chi connectivity index (χ1) is 8.54. The summed E-state index contributed by atoms with van der Waals surface area (Å²) in [5.74, 6) is 1.16. The minimum absolute atomic E-state index is 0.285. The SMILES string of the molecule is COc1c(C)cc(-c2ncnc(N)c2Cl)cc1C. The monoisotopic (exact) mass is 263 g/mol. The van der Waals surface area contributed by atoms with E-state index in [1.54, 1.807) is 7.11 Å². The van der Waals surface area contributed by atoms with Crippen molar-refractivity contribution in [1.82, 2.24) is 9.97 Å². The number of rotatable bonds is 2. The zero-order valence-corrected chi connectivity index (χ0v) is 11.2. The molecule has 0 aliphatic rings. The maximum atomic E-state index is 6.12. The Kier molecular flexibility index (Phi) is 3.39. The van der Waals surface area contributed by atoms with Crippen LogP contribution in [0.1, 0.15) is 11.1 Å². The number of benzene rings is 1. The lowest BCUT2D eigenvalue weighted by Gasteiger charge is -2.12. The van der Waals surface area contributed by atoms with Gasteiger partial charge in [-0.1, -0.05) is 11.6 Å². The van der Waals surface area contributed by atoms with E-state index in [1.807, 2.05) is 26.0 Å². The molecule has 94 valence electrons. The van der Waals surface area contributed by atoms with Crippen LogP contribution in [-0.2, 0) is 0 Å². The van der Waals surface area contributed by atoms with Crippen molar-refractivity contribution in [2.24, 2.45) is 0 Å². The molecule has 0 saturated heterocycles. The topological polar surface area (TPSA) is 61.0 Å². The van der Waals surface area contributed by atoms with E-state index in [2.05, 4.69) is 9.97 Å². The van der Waals surface area contributed by atoms with Gasteiger partial charge in [0.25, 0.3) is 0 Å². The van der Waals surface area contributed by atoms with Crippen molar-refractivity contribution in [3.63, 3.8) is 0 Å². The van der Waals surface area contributed by atoms with E-state index in [-0.39, 0.29) is 5.82 Å². The number of methoxy groups -OCH3 is 1. The van der Waals surface area contributed by atoms with Crippen LogP contribution in [0.3, 0.4) is 0 Å². The Bertz CT molecular complexity index is 576. The van der Waals surface area contributed by atoms with Crippen molar-refractivity contribution in [2.45, 2.75) is 13.8 Å². The number of nitrogens with zero attached hydrogens (tertiary/aromatic N) is 2. The van der Waals surface area contributed by atoms with Gasteiger partial charge in [-0.3, -0.25) is 0 Å². The Morgan fingerprint density at radius 1 is 1.17 bits per heavy atom. The van der Waals surface area contributed by atoms with Crippen molar-refractivity contribution in [2.75, 3.05) is 12.8 Å². The molecule has 0 unspecified atom stereocenters. The Morgan fingerprint density at radius 3 is 2.33 bits per heavy atom. The number of halogens is 1. The fraction of sp³-hybridized carbons (Fsp3) is 0.231. The fourth-order valence-corrected chi connectivity index (χ4v) is 2.20. The van der Waals surface area contributed by atoms with E-state index in [0.29, 0.717) is 10.7 Å². The standard InChI is InChI=1S/C13H14ClN3O/c1-7-4-9(5-8(2)12(7)18-3)11-10(14)13(15)17-6-16-11/h4-6H,1-3H3,(H2,15,16,17). The summed E-state index contributed by atoms with van der Waals surface area (Å²) in [7, 11) is 1.66. The number of aryl methyl sites for hydroxylation is 2. The minimum Gasteiger partial charge on any atom is -0.496 e. The lowest BCUT2D eigenvalue weighted by Crippen LogP contribution is -1.97. The zero-order valence-electron chi connectivity index (χ0n) is 10.5. The molecule has 1 aromatic heterocycles. The maximum absolute atomic E-state index is 6.12. The van der Waals surface area contributed by atoms with E-state index >= 15 is 0 Å². The normalized spacial score (nSPS) is 10.4. The molecule has 2 rings (SSSR count). The van der Waals surface area contributed by atoms with Crippen molar-refractivity contribution >= 4 is 17.4 Å². The number of hydrogen-bond acceptors (Lipinski definition) is 4. The summed E-state index contributed by atoms with van der Waals surface area (Å²) in [6.45, 7) is 3.96. The van der Waals surface area contributed by atoms with Crippen LogP contribution in [0.4, 0.5) is 5.82 Å². The van der Waals surface area contributed by atoms with Crippen molar-refractivity contribution in [1.29, 1.82) is 0 Å². The number of nitrogen functional groups attached to an aromatic ring is 1. The molecule has 18 heavy (non-hydrogen) atoms. The predicted octanol–water partition coefficient (Wildman–Crippen LogP) is 3.00. The van der Waals surface area contributed by atoms with Gasteiger partial charge in [-0.05, 0) is 37.1 Å². The first-order valence-corrected chi connectivity index (χ1v) is 5.84. The molecule has 1 heterocycles. The number of ether oxygens (including phenoxy) is 1. The molecule has 0 amide bonds. The Hall–Kier alpha value is -1.81. The Morgan fingerprint density at radius 2 is 1.78 bits per heavy atom. The summed E-state index contributed by atoms with van der Waals surface area (Å²) < 4.78 is 5.33. The molecule has 2 aromatic rings. The summed E-state index contributed by atoms with van der Waals surface area (Å²) in [5.41, 5.74) is 9.28. The van der Waals surface area contributed by atoms with Crippen LogP contribution in [0.2, 0.25) is 5.02 Å². The lowest BCUT2D eigenvalue weighted by molar-refractivity contribution is 0.408. The highest BCUT2D eigenvalue weighted by molar-refractivity contribution is 6.35. The summed E-state index contributed by atoms with van der Waals surface area (Å²) >= 11 is 6.12. The smallest absolute Gasteiger partial charge is 0.146 e. The van der Waals surface area contributed by atoms with E-state index < -0.39 is 0 Å². The highest BCUT2D eigenvalue weighted by Gasteiger charge is 2.12. The van der Waals surface area contributed by atoms with Gasteiger partial charge in [0.1, 0.15) is 22.9 Å². The van der Waals surface area contributed by atoms with Gasteiger partial charge in [-0.25, -0.2) is 9.97 Å². The molecule has 0 radical (unpaired) electrons.